The van der Waals surface area contributed by atoms with Crippen LogP contribution in [0, 0.1) is 6.92 Å². The first-order valence-corrected chi connectivity index (χ1v) is 6.69. The summed E-state index contributed by atoms with van der Waals surface area (Å²) in [6.45, 7) is 4.43. The quantitative estimate of drug-likeness (QED) is 0.773. The maximum atomic E-state index is 11.7. The zero-order chi connectivity index (χ0) is 15.2. The molecule has 20 heavy (non-hydrogen) atoms. The van der Waals surface area contributed by atoms with Crippen LogP contribution in [0.2, 0.25) is 0 Å². The normalized spacial score (nSPS) is 14.5. The topological polar surface area (TPSA) is 52.6 Å². The fourth-order valence-electron chi connectivity index (χ4n) is 2.01. The van der Waals surface area contributed by atoms with Gasteiger partial charge in [0.2, 0.25) is 5.91 Å². The van der Waals surface area contributed by atoms with Crippen molar-refractivity contribution in [1.29, 1.82) is 0 Å². The Bertz CT molecular complexity index is 479. The summed E-state index contributed by atoms with van der Waals surface area (Å²) in [4.78, 5) is 13.6. The van der Waals surface area contributed by atoms with Crippen LogP contribution in [0.4, 0.5) is 0 Å². The SMILES string of the molecule is Cc1ccccc1/C=C/C(=O)NCC(C)(O)CN(C)C. The van der Waals surface area contributed by atoms with Gasteiger partial charge in [0.05, 0.1) is 5.60 Å². The molecule has 0 heterocycles. The van der Waals surface area contributed by atoms with Crippen LogP contribution in [0.15, 0.2) is 30.3 Å². The van der Waals surface area contributed by atoms with Gasteiger partial charge in [0, 0.05) is 19.2 Å². The monoisotopic (exact) mass is 276 g/mol. The summed E-state index contributed by atoms with van der Waals surface area (Å²) in [5, 5.41) is 12.8. The highest BCUT2D eigenvalue weighted by Crippen LogP contribution is 2.08. The molecule has 0 spiro atoms. The molecule has 1 rings (SSSR count). The number of hydrogen-bond acceptors (Lipinski definition) is 3. The molecule has 110 valence electrons. The fourth-order valence-corrected chi connectivity index (χ4v) is 2.01. The van der Waals surface area contributed by atoms with Crippen molar-refractivity contribution in [3.63, 3.8) is 0 Å². The highest BCUT2D eigenvalue weighted by molar-refractivity contribution is 5.91. The van der Waals surface area contributed by atoms with Crippen molar-refractivity contribution >= 4 is 12.0 Å². The zero-order valence-electron chi connectivity index (χ0n) is 12.7. The van der Waals surface area contributed by atoms with Crippen LogP contribution in [0.1, 0.15) is 18.1 Å². The number of amides is 1. The predicted molar refractivity (Wildman–Crippen MR) is 82.4 cm³/mol. The second-order valence-electron chi connectivity index (χ2n) is 5.64. The van der Waals surface area contributed by atoms with Crippen molar-refractivity contribution in [1.82, 2.24) is 10.2 Å². The first-order valence-electron chi connectivity index (χ1n) is 6.69. The van der Waals surface area contributed by atoms with Gasteiger partial charge in [-0.05, 0) is 45.1 Å². The maximum Gasteiger partial charge on any atom is 0.244 e. The summed E-state index contributed by atoms with van der Waals surface area (Å²) in [7, 11) is 3.77. The summed E-state index contributed by atoms with van der Waals surface area (Å²) < 4.78 is 0. The van der Waals surface area contributed by atoms with Crippen molar-refractivity contribution in [2.45, 2.75) is 19.4 Å². The number of aryl methyl sites for hydroxylation is 1. The van der Waals surface area contributed by atoms with E-state index in [1.54, 1.807) is 13.0 Å². The van der Waals surface area contributed by atoms with Crippen molar-refractivity contribution in [2.75, 3.05) is 27.2 Å². The van der Waals surface area contributed by atoms with Crippen LogP contribution in [0.25, 0.3) is 6.08 Å². The number of nitrogens with zero attached hydrogens (tertiary/aromatic N) is 1. The third-order valence-electron chi connectivity index (χ3n) is 2.90. The van der Waals surface area contributed by atoms with Crippen LogP contribution in [0.3, 0.4) is 0 Å². The van der Waals surface area contributed by atoms with Gasteiger partial charge in [-0.25, -0.2) is 0 Å². The van der Waals surface area contributed by atoms with E-state index in [9.17, 15) is 9.90 Å². The van der Waals surface area contributed by atoms with Crippen molar-refractivity contribution in [3.8, 4) is 0 Å². The maximum absolute atomic E-state index is 11.7. The van der Waals surface area contributed by atoms with E-state index in [1.165, 1.54) is 6.08 Å². The molecule has 0 saturated heterocycles. The summed E-state index contributed by atoms with van der Waals surface area (Å²) in [5.74, 6) is -0.202. The minimum atomic E-state index is -0.935. The Balaban J connectivity index is 2.50. The molecule has 0 radical (unpaired) electrons. The van der Waals surface area contributed by atoms with Crippen molar-refractivity contribution in [3.05, 3.63) is 41.5 Å². The molecule has 1 atom stereocenters. The van der Waals surface area contributed by atoms with Crippen molar-refractivity contribution < 1.29 is 9.90 Å². The van der Waals surface area contributed by atoms with E-state index in [2.05, 4.69) is 5.32 Å². The highest BCUT2D eigenvalue weighted by Gasteiger charge is 2.21. The molecule has 0 aliphatic rings. The van der Waals surface area contributed by atoms with Gasteiger partial charge in [-0.2, -0.15) is 0 Å². The Kier molecular flexibility index (Phi) is 5.92. The van der Waals surface area contributed by atoms with Crippen molar-refractivity contribution in [2.24, 2.45) is 0 Å². The van der Waals surface area contributed by atoms with Gasteiger partial charge in [0.15, 0.2) is 0 Å². The Hall–Kier alpha value is -1.65. The number of nitrogens with one attached hydrogen (secondary N) is 1. The summed E-state index contributed by atoms with van der Waals surface area (Å²) in [6.07, 6.45) is 3.28. The van der Waals surface area contributed by atoms with Gasteiger partial charge in [0.1, 0.15) is 0 Å². The number of rotatable bonds is 6. The lowest BCUT2D eigenvalue weighted by Crippen LogP contribution is -2.46. The molecule has 0 fully saturated rings. The molecule has 1 aromatic carbocycles. The average molecular weight is 276 g/mol. The molecule has 0 aliphatic heterocycles. The Morgan fingerprint density at radius 2 is 2.05 bits per heavy atom. The fraction of sp³-hybridized carbons (Fsp3) is 0.438. The van der Waals surface area contributed by atoms with Crippen LogP contribution in [-0.4, -0.2) is 48.7 Å². The predicted octanol–water partition coefficient (Wildman–Crippen LogP) is 1.44. The molecular weight excluding hydrogens is 252 g/mol. The first-order chi connectivity index (χ1) is 9.30. The van der Waals surface area contributed by atoms with E-state index in [-0.39, 0.29) is 12.5 Å². The molecule has 1 aromatic rings. The number of benzene rings is 1. The average Bonchev–Trinajstić information content (AvgIpc) is 2.34. The summed E-state index contributed by atoms with van der Waals surface area (Å²) in [5.41, 5.74) is 1.20. The minimum absolute atomic E-state index is 0.202. The van der Waals surface area contributed by atoms with Gasteiger partial charge in [-0.1, -0.05) is 24.3 Å². The Morgan fingerprint density at radius 1 is 1.40 bits per heavy atom. The van der Waals surface area contributed by atoms with Crippen LogP contribution < -0.4 is 5.32 Å². The number of likely N-dealkylation sites (N-methyl/N-ethyl adjacent to an activating group) is 1. The lowest BCUT2D eigenvalue weighted by Gasteiger charge is -2.26. The molecule has 4 heteroatoms. The molecular formula is C16H24N2O2. The van der Waals surface area contributed by atoms with Crippen LogP contribution in [0.5, 0.6) is 0 Å². The summed E-state index contributed by atoms with van der Waals surface area (Å²) in [6, 6.07) is 7.86. The molecule has 0 saturated carbocycles. The second kappa shape index (κ2) is 7.22. The molecule has 2 N–H and O–H groups in total. The zero-order valence-corrected chi connectivity index (χ0v) is 12.7. The van der Waals surface area contributed by atoms with Gasteiger partial charge in [-0.3, -0.25) is 4.79 Å². The van der Waals surface area contributed by atoms with E-state index in [0.29, 0.717) is 6.54 Å². The third kappa shape index (κ3) is 5.99. The largest absolute Gasteiger partial charge is 0.387 e. The van der Waals surface area contributed by atoms with E-state index in [0.717, 1.165) is 11.1 Å². The van der Waals surface area contributed by atoms with E-state index < -0.39 is 5.60 Å². The number of carbonyl (C=O) groups is 1. The standard InChI is InChI=1S/C16H24N2O2/c1-13-7-5-6-8-14(13)9-10-15(19)17-11-16(2,20)12-18(3)4/h5-10,20H,11-12H2,1-4H3,(H,17,19)/b10-9+. The van der Waals surface area contributed by atoms with E-state index >= 15 is 0 Å². The van der Waals surface area contributed by atoms with Gasteiger partial charge < -0.3 is 15.3 Å². The third-order valence-corrected chi connectivity index (χ3v) is 2.90. The second-order valence-corrected chi connectivity index (χ2v) is 5.64. The first kappa shape index (κ1) is 16.4. The number of carbonyl (C=O) groups excluding carboxylic acids is 1. The summed E-state index contributed by atoms with van der Waals surface area (Å²) >= 11 is 0. The highest BCUT2D eigenvalue weighted by atomic mass is 16.3. The van der Waals surface area contributed by atoms with E-state index in [1.807, 2.05) is 50.2 Å². The minimum Gasteiger partial charge on any atom is -0.387 e. The smallest absolute Gasteiger partial charge is 0.244 e. The van der Waals surface area contributed by atoms with Crippen LogP contribution >= 0.6 is 0 Å². The number of aliphatic hydroxyl groups is 1. The lowest BCUT2D eigenvalue weighted by atomic mass is 10.1. The Labute approximate surface area is 121 Å². The molecule has 1 amide bonds. The molecule has 0 aliphatic carbocycles. The molecule has 4 nitrogen and oxygen atoms in total. The van der Waals surface area contributed by atoms with E-state index in [4.69, 9.17) is 0 Å². The molecule has 1 unspecified atom stereocenters. The number of hydrogen-bond donors (Lipinski definition) is 2. The van der Waals surface area contributed by atoms with Gasteiger partial charge >= 0.3 is 0 Å². The molecule has 0 aromatic heterocycles. The van der Waals surface area contributed by atoms with Gasteiger partial charge in [-0.15, -0.1) is 0 Å². The van der Waals surface area contributed by atoms with Gasteiger partial charge in [0.25, 0.3) is 0 Å². The Morgan fingerprint density at radius 3 is 2.65 bits per heavy atom. The lowest BCUT2D eigenvalue weighted by molar-refractivity contribution is -0.117. The molecule has 0 bridgehead atoms. The van der Waals surface area contributed by atoms with Crippen LogP contribution in [-0.2, 0) is 4.79 Å².